The van der Waals surface area contributed by atoms with Crippen molar-refractivity contribution in [3.05, 3.63) is 53.7 Å². The molecule has 4 rings (SSSR count). The molecular formula is C27H34ClN7O5. The second-order valence-electron chi connectivity index (χ2n) is 9.41. The first-order chi connectivity index (χ1) is 19.3. The van der Waals surface area contributed by atoms with Gasteiger partial charge in [0.25, 0.3) is 0 Å². The SMILES string of the molecule is COc1ccc(OC)c(CNC(=O)CC2CN(C(=O)CC(C)OC)CCN2c2cc(Cl)nc(-n3ccnc3)n2)c1. The van der Waals surface area contributed by atoms with Gasteiger partial charge in [0.05, 0.1) is 32.8 Å². The van der Waals surface area contributed by atoms with Gasteiger partial charge in [0.2, 0.25) is 17.8 Å². The van der Waals surface area contributed by atoms with Gasteiger partial charge >= 0.3 is 0 Å². The van der Waals surface area contributed by atoms with E-state index in [2.05, 4.69) is 15.3 Å². The number of hydrogen-bond acceptors (Lipinski definition) is 9. The van der Waals surface area contributed by atoms with Crippen LogP contribution in [0.15, 0.2) is 43.0 Å². The fourth-order valence-electron chi connectivity index (χ4n) is 4.55. The van der Waals surface area contributed by atoms with Gasteiger partial charge < -0.3 is 29.3 Å². The predicted octanol–water partition coefficient (Wildman–Crippen LogP) is 2.48. The number of aromatic nitrogens is 4. The van der Waals surface area contributed by atoms with E-state index >= 15 is 0 Å². The Balaban J connectivity index is 1.54. The summed E-state index contributed by atoms with van der Waals surface area (Å²) in [6.07, 6.45) is 5.11. The Labute approximate surface area is 238 Å². The number of benzene rings is 1. The highest BCUT2D eigenvalue weighted by Gasteiger charge is 2.33. The van der Waals surface area contributed by atoms with Crippen molar-refractivity contribution < 1.29 is 23.8 Å². The van der Waals surface area contributed by atoms with E-state index in [0.29, 0.717) is 42.9 Å². The van der Waals surface area contributed by atoms with Crippen LogP contribution >= 0.6 is 11.6 Å². The number of anilines is 1. The standard InChI is InChI=1S/C27H34ClN7O5/c1-18(38-2)11-26(37)33-9-10-35(24-14-23(28)31-27(32-24)34-8-7-29-17-34)20(16-33)13-25(36)30-15-19-12-21(39-3)5-6-22(19)40-4/h5-8,12,14,17-18,20H,9-11,13,15-16H2,1-4H3,(H,30,36). The lowest BCUT2D eigenvalue weighted by atomic mass is 10.1. The van der Waals surface area contributed by atoms with Crippen LogP contribution in [0.3, 0.4) is 0 Å². The fourth-order valence-corrected chi connectivity index (χ4v) is 4.72. The van der Waals surface area contributed by atoms with Gasteiger partial charge in [-0.3, -0.25) is 14.2 Å². The summed E-state index contributed by atoms with van der Waals surface area (Å²) < 4.78 is 17.7. The Morgan fingerprint density at radius 3 is 2.67 bits per heavy atom. The first kappa shape index (κ1) is 29.1. The van der Waals surface area contributed by atoms with Gasteiger partial charge in [-0.05, 0) is 25.1 Å². The maximum atomic E-state index is 13.2. The maximum Gasteiger partial charge on any atom is 0.238 e. The van der Waals surface area contributed by atoms with Crippen LogP contribution in [0.5, 0.6) is 11.5 Å². The lowest BCUT2D eigenvalue weighted by molar-refractivity contribution is -0.135. The highest BCUT2D eigenvalue weighted by atomic mass is 35.5. The van der Waals surface area contributed by atoms with Crippen molar-refractivity contribution in [1.29, 1.82) is 0 Å². The Morgan fingerprint density at radius 1 is 1.15 bits per heavy atom. The number of halogens is 1. The number of imidazole rings is 1. The van der Waals surface area contributed by atoms with Gasteiger partial charge in [0, 0.05) is 63.7 Å². The van der Waals surface area contributed by atoms with Crippen LogP contribution in [0.1, 0.15) is 25.3 Å². The summed E-state index contributed by atoms with van der Waals surface area (Å²) in [6, 6.07) is 6.72. The van der Waals surface area contributed by atoms with Crippen LogP contribution in [0.4, 0.5) is 5.82 Å². The summed E-state index contributed by atoms with van der Waals surface area (Å²) in [4.78, 5) is 43.1. The van der Waals surface area contributed by atoms with Crippen LogP contribution in [0.2, 0.25) is 5.15 Å². The molecule has 1 N–H and O–H groups in total. The molecule has 1 fully saturated rings. The molecule has 3 heterocycles. The lowest BCUT2D eigenvalue weighted by Gasteiger charge is -2.42. The van der Waals surface area contributed by atoms with Crippen LogP contribution < -0.4 is 19.7 Å². The zero-order valence-corrected chi connectivity index (χ0v) is 23.8. The number of amides is 2. The number of ether oxygens (including phenoxy) is 3. The highest BCUT2D eigenvalue weighted by Crippen LogP contribution is 2.26. The molecule has 0 saturated carbocycles. The zero-order valence-electron chi connectivity index (χ0n) is 23.0. The van der Waals surface area contributed by atoms with Crippen molar-refractivity contribution in [1.82, 2.24) is 29.7 Å². The average molecular weight is 572 g/mol. The summed E-state index contributed by atoms with van der Waals surface area (Å²) in [7, 11) is 4.74. The molecular weight excluding hydrogens is 538 g/mol. The van der Waals surface area contributed by atoms with Gasteiger partial charge in [-0.1, -0.05) is 11.6 Å². The van der Waals surface area contributed by atoms with Crippen molar-refractivity contribution in [2.75, 3.05) is 45.9 Å². The van der Waals surface area contributed by atoms with Crippen molar-refractivity contribution in [2.24, 2.45) is 0 Å². The van der Waals surface area contributed by atoms with Crippen molar-refractivity contribution in [3.63, 3.8) is 0 Å². The molecule has 1 aliphatic rings. The normalized spacial score (nSPS) is 16.0. The predicted molar refractivity (Wildman–Crippen MR) is 149 cm³/mol. The van der Waals surface area contributed by atoms with E-state index in [0.717, 1.165) is 5.56 Å². The lowest BCUT2D eigenvalue weighted by Crippen LogP contribution is -2.56. The number of hydrogen-bond donors (Lipinski definition) is 1. The highest BCUT2D eigenvalue weighted by molar-refractivity contribution is 6.29. The summed E-state index contributed by atoms with van der Waals surface area (Å²) in [6.45, 7) is 3.38. The van der Waals surface area contributed by atoms with E-state index in [-0.39, 0.29) is 48.5 Å². The molecule has 0 bridgehead atoms. The molecule has 1 aliphatic heterocycles. The molecule has 2 unspecified atom stereocenters. The topological polar surface area (TPSA) is 124 Å². The number of carbonyl (C=O) groups is 2. The smallest absolute Gasteiger partial charge is 0.238 e. The van der Waals surface area contributed by atoms with E-state index in [1.165, 1.54) is 0 Å². The fraction of sp³-hybridized carbons (Fsp3) is 0.444. The molecule has 1 aromatic carbocycles. The number of piperazine rings is 1. The van der Waals surface area contributed by atoms with E-state index < -0.39 is 0 Å². The zero-order chi connectivity index (χ0) is 28.6. The molecule has 0 aliphatic carbocycles. The summed E-state index contributed by atoms with van der Waals surface area (Å²) in [5.74, 6) is 2.02. The molecule has 214 valence electrons. The Morgan fingerprint density at radius 2 is 1.98 bits per heavy atom. The largest absolute Gasteiger partial charge is 0.497 e. The molecule has 40 heavy (non-hydrogen) atoms. The molecule has 12 nitrogen and oxygen atoms in total. The number of methoxy groups -OCH3 is 3. The van der Waals surface area contributed by atoms with Gasteiger partial charge in [-0.2, -0.15) is 4.98 Å². The monoisotopic (exact) mass is 571 g/mol. The third kappa shape index (κ3) is 7.19. The van der Waals surface area contributed by atoms with Gasteiger partial charge in [0.1, 0.15) is 28.8 Å². The third-order valence-corrected chi connectivity index (χ3v) is 6.98. The van der Waals surface area contributed by atoms with Crippen molar-refractivity contribution in [3.8, 4) is 17.4 Å². The maximum absolute atomic E-state index is 13.2. The number of rotatable bonds is 11. The van der Waals surface area contributed by atoms with Crippen molar-refractivity contribution in [2.45, 2.75) is 38.5 Å². The van der Waals surface area contributed by atoms with Gasteiger partial charge in [0.15, 0.2) is 0 Å². The third-order valence-electron chi connectivity index (χ3n) is 6.78. The second kappa shape index (κ2) is 13.4. The average Bonchev–Trinajstić information content (AvgIpc) is 3.50. The molecule has 0 radical (unpaired) electrons. The Hall–Kier alpha value is -3.90. The minimum atomic E-state index is -0.357. The first-order valence-electron chi connectivity index (χ1n) is 12.9. The molecule has 1 saturated heterocycles. The number of carbonyl (C=O) groups excluding carboxylic acids is 2. The van der Waals surface area contributed by atoms with E-state index in [1.807, 2.05) is 17.9 Å². The molecule has 2 atom stereocenters. The number of nitrogens with one attached hydrogen (secondary N) is 1. The quantitative estimate of drug-likeness (QED) is 0.346. The second-order valence-corrected chi connectivity index (χ2v) is 9.80. The van der Waals surface area contributed by atoms with Crippen LogP contribution in [0.25, 0.3) is 5.95 Å². The minimum absolute atomic E-state index is 0.0275. The van der Waals surface area contributed by atoms with Crippen LogP contribution in [0, 0.1) is 0 Å². The Kier molecular flexibility index (Phi) is 9.78. The van der Waals surface area contributed by atoms with Crippen LogP contribution in [-0.2, 0) is 20.9 Å². The molecule has 13 heteroatoms. The van der Waals surface area contributed by atoms with Gasteiger partial charge in [-0.15, -0.1) is 0 Å². The summed E-state index contributed by atoms with van der Waals surface area (Å²) >= 11 is 6.37. The van der Waals surface area contributed by atoms with Gasteiger partial charge in [-0.25, -0.2) is 9.97 Å². The van der Waals surface area contributed by atoms with Crippen LogP contribution in [-0.4, -0.2) is 89.3 Å². The van der Waals surface area contributed by atoms with E-state index in [1.54, 1.807) is 67.7 Å². The summed E-state index contributed by atoms with van der Waals surface area (Å²) in [5.41, 5.74) is 0.786. The number of nitrogens with zero attached hydrogens (tertiary/aromatic N) is 6. The molecule has 2 amide bonds. The van der Waals surface area contributed by atoms with E-state index in [4.69, 9.17) is 30.8 Å². The van der Waals surface area contributed by atoms with E-state index in [9.17, 15) is 9.59 Å². The molecule has 0 spiro atoms. The first-order valence-corrected chi connectivity index (χ1v) is 13.3. The molecule has 3 aromatic rings. The Bertz CT molecular complexity index is 1310. The molecule has 2 aromatic heterocycles. The minimum Gasteiger partial charge on any atom is -0.497 e. The summed E-state index contributed by atoms with van der Waals surface area (Å²) in [5, 5.41) is 3.24. The van der Waals surface area contributed by atoms with Crippen molar-refractivity contribution >= 4 is 29.2 Å².